The first-order valence-electron chi connectivity index (χ1n) is 12.1. The standard InChI is InChI=1S/C24H30N6O6S/c1-14(2)11-18(27-23(33)21-12-16-7-4-5-9-20(16)36-21)22(32)26-17-8-6-10-30(13-19(17)31)37(34,35)24-25-15(3)28-29-24/h4-5,7,9,12,14,17-18H,6,8,10-11,13H2,1-3H3,(H,26,32)(H,27,33)(H,25,28,29)/t17-,18?/m0/s1. The van der Waals surface area contributed by atoms with Crippen LogP contribution in [0.1, 0.15) is 49.5 Å². The van der Waals surface area contributed by atoms with Crippen LogP contribution in [0.25, 0.3) is 11.0 Å². The monoisotopic (exact) mass is 530 g/mol. The summed E-state index contributed by atoms with van der Waals surface area (Å²) in [6.07, 6.45) is 0.943. The molecule has 1 aliphatic heterocycles. The van der Waals surface area contributed by atoms with Crippen LogP contribution in [0.2, 0.25) is 0 Å². The van der Waals surface area contributed by atoms with Crippen molar-refractivity contribution < 1.29 is 27.2 Å². The maximum absolute atomic E-state index is 13.2. The van der Waals surface area contributed by atoms with Crippen LogP contribution in [0.3, 0.4) is 0 Å². The van der Waals surface area contributed by atoms with E-state index in [4.69, 9.17) is 4.42 Å². The van der Waals surface area contributed by atoms with E-state index in [9.17, 15) is 22.8 Å². The molecule has 0 bridgehead atoms. The lowest BCUT2D eigenvalue weighted by atomic mass is 10.0. The second-order valence-corrected chi connectivity index (χ2v) is 11.3. The minimum absolute atomic E-state index is 0.0713. The number of hydrogen-bond acceptors (Lipinski definition) is 8. The van der Waals surface area contributed by atoms with E-state index in [0.29, 0.717) is 24.2 Å². The number of carbonyl (C=O) groups is 3. The number of amides is 2. The van der Waals surface area contributed by atoms with E-state index < -0.39 is 51.4 Å². The molecule has 37 heavy (non-hydrogen) atoms. The molecule has 198 valence electrons. The first kappa shape index (κ1) is 26.5. The molecule has 0 saturated carbocycles. The molecular weight excluding hydrogens is 500 g/mol. The predicted molar refractivity (Wildman–Crippen MR) is 133 cm³/mol. The van der Waals surface area contributed by atoms with Crippen LogP contribution in [-0.4, -0.2) is 70.7 Å². The number of sulfonamides is 1. The van der Waals surface area contributed by atoms with Gasteiger partial charge >= 0.3 is 0 Å². The summed E-state index contributed by atoms with van der Waals surface area (Å²) in [5.74, 6) is -1.02. The SMILES string of the molecule is Cc1nc(S(=O)(=O)N2CCC[C@H](NC(=O)C(CC(C)C)NC(=O)c3cc4ccccc4o3)C(=O)C2)n[nH]1. The molecule has 1 aliphatic rings. The Labute approximate surface area is 214 Å². The van der Waals surface area contributed by atoms with Crippen molar-refractivity contribution in [2.75, 3.05) is 13.1 Å². The highest BCUT2D eigenvalue weighted by Gasteiger charge is 2.36. The Kier molecular flexibility index (Phi) is 7.73. The van der Waals surface area contributed by atoms with Gasteiger partial charge in [0, 0.05) is 11.9 Å². The molecule has 0 radical (unpaired) electrons. The summed E-state index contributed by atoms with van der Waals surface area (Å²) in [4.78, 5) is 42.9. The van der Waals surface area contributed by atoms with Gasteiger partial charge in [0.1, 0.15) is 17.4 Å². The number of carbonyl (C=O) groups excluding carboxylic acids is 3. The van der Waals surface area contributed by atoms with Crippen molar-refractivity contribution in [3.63, 3.8) is 0 Å². The minimum atomic E-state index is -4.06. The number of nitrogens with zero attached hydrogens (tertiary/aromatic N) is 3. The average Bonchev–Trinajstić information content (AvgIpc) is 3.43. The van der Waals surface area contributed by atoms with Gasteiger partial charge < -0.3 is 15.1 Å². The molecular formula is C24H30N6O6S. The molecule has 1 aromatic carbocycles. The highest BCUT2D eigenvalue weighted by molar-refractivity contribution is 7.89. The van der Waals surface area contributed by atoms with Gasteiger partial charge in [-0.05, 0) is 44.2 Å². The van der Waals surface area contributed by atoms with E-state index >= 15 is 0 Å². The Morgan fingerprint density at radius 1 is 1.27 bits per heavy atom. The molecule has 0 spiro atoms. The summed E-state index contributed by atoms with van der Waals surface area (Å²) < 4.78 is 32.4. The summed E-state index contributed by atoms with van der Waals surface area (Å²) in [6, 6.07) is 7.00. The van der Waals surface area contributed by atoms with Crippen molar-refractivity contribution in [3.05, 3.63) is 41.9 Å². The fourth-order valence-electron chi connectivity index (χ4n) is 4.21. The third-order valence-electron chi connectivity index (χ3n) is 6.06. The molecule has 2 amide bonds. The predicted octanol–water partition coefficient (Wildman–Crippen LogP) is 1.54. The third kappa shape index (κ3) is 6.05. The number of H-pyrrole nitrogens is 1. The number of ketones is 1. The Balaban J connectivity index is 1.44. The third-order valence-corrected chi connectivity index (χ3v) is 7.70. The van der Waals surface area contributed by atoms with E-state index in [1.54, 1.807) is 25.1 Å². The Morgan fingerprint density at radius 2 is 2.03 bits per heavy atom. The normalized spacial score (nSPS) is 18.1. The van der Waals surface area contributed by atoms with E-state index in [2.05, 4.69) is 25.8 Å². The van der Waals surface area contributed by atoms with Crippen LogP contribution in [0, 0.1) is 12.8 Å². The lowest BCUT2D eigenvalue weighted by Gasteiger charge is -2.23. The molecule has 1 unspecified atom stereocenters. The fraction of sp³-hybridized carbons (Fsp3) is 0.458. The number of furan rings is 1. The number of rotatable bonds is 8. The van der Waals surface area contributed by atoms with Crippen LogP contribution in [0.5, 0.6) is 0 Å². The fourth-order valence-corrected chi connectivity index (χ4v) is 5.52. The first-order chi connectivity index (χ1) is 17.5. The Bertz CT molecular complexity index is 1380. The van der Waals surface area contributed by atoms with Crippen molar-refractivity contribution in [1.82, 2.24) is 30.1 Å². The number of para-hydroxylation sites is 1. The molecule has 2 atom stereocenters. The molecule has 2 aromatic heterocycles. The molecule has 1 saturated heterocycles. The second-order valence-electron chi connectivity index (χ2n) is 9.52. The topological polar surface area (TPSA) is 167 Å². The van der Waals surface area contributed by atoms with Gasteiger partial charge in [-0.15, -0.1) is 5.10 Å². The van der Waals surface area contributed by atoms with Crippen molar-refractivity contribution >= 4 is 38.6 Å². The summed E-state index contributed by atoms with van der Waals surface area (Å²) in [5, 5.41) is 12.0. The summed E-state index contributed by atoms with van der Waals surface area (Å²) in [7, 11) is -4.06. The molecule has 13 heteroatoms. The number of aromatic amines is 1. The van der Waals surface area contributed by atoms with Crippen LogP contribution >= 0.6 is 0 Å². The quantitative estimate of drug-likeness (QED) is 0.394. The minimum Gasteiger partial charge on any atom is -0.451 e. The molecule has 3 aromatic rings. The average molecular weight is 531 g/mol. The number of Topliss-reactive ketones (excluding diaryl/α,β-unsaturated/α-hetero) is 1. The van der Waals surface area contributed by atoms with E-state index in [0.717, 1.165) is 9.69 Å². The second kappa shape index (κ2) is 10.8. The smallest absolute Gasteiger partial charge is 0.287 e. The number of nitrogens with one attached hydrogen (secondary N) is 3. The molecule has 1 fully saturated rings. The molecule has 4 rings (SSSR count). The molecule has 3 N–H and O–H groups in total. The van der Waals surface area contributed by atoms with Crippen LogP contribution in [0.15, 0.2) is 39.9 Å². The highest BCUT2D eigenvalue weighted by Crippen LogP contribution is 2.20. The number of aryl methyl sites for hydroxylation is 1. The van der Waals surface area contributed by atoms with Gasteiger partial charge in [-0.3, -0.25) is 19.5 Å². The zero-order chi connectivity index (χ0) is 26.7. The van der Waals surface area contributed by atoms with Crippen molar-refractivity contribution in [2.24, 2.45) is 5.92 Å². The molecule has 12 nitrogen and oxygen atoms in total. The number of benzene rings is 1. The van der Waals surface area contributed by atoms with Crippen molar-refractivity contribution in [2.45, 2.75) is 57.3 Å². The van der Waals surface area contributed by atoms with Crippen LogP contribution in [0.4, 0.5) is 0 Å². The van der Waals surface area contributed by atoms with Crippen LogP contribution in [-0.2, 0) is 19.6 Å². The maximum Gasteiger partial charge on any atom is 0.287 e. The number of hydrogen-bond donors (Lipinski definition) is 3. The van der Waals surface area contributed by atoms with Gasteiger partial charge in [-0.1, -0.05) is 32.0 Å². The number of fused-ring (bicyclic) bond motifs is 1. The van der Waals surface area contributed by atoms with Gasteiger partial charge in [0.05, 0.1) is 12.6 Å². The summed E-state index contributed by atoms with van der Waals surface area (Å²) in [6.45, 7) is 5.08. The van der Waals surface area contributed by atoms with Crippen molar-refractivity contribution in [3.8, 4) is 0 Å². The highest BCUT2D eigenvalue weighted by atomic mass is 32.2. The van der Waals surface area contributed by atoms with Crippen LogP contribution < -0.4 is 10.6 Å². The Morgan fingerprint density at radius 3 is 2.70 bits per heavy atom. The van der Waals surface area contributed by atoms with Gasteiger partial charge in [0.25, 0.3) is 21.1 Å². The van der Waals surface area contributed by atoms with Gasteiger partial charge in [-0.2, -0.15) is 4.31 Å². The van der Waals surface area contributed by atoms with E-state index in [1.807, 2.05) is 26.0 Å². The Hall–Kier alpha value is -3.58. The first-order valence-corrected chi connectivity index (χ1v) is 13.5. The zero-order valence-corrected chi connectivity index (χ0v) is 21.7. The van der Waals surface area contributed by atoms with Gasteiger partial charge in [-0.25, -0.2) is 13.4 Å². The molecule has 3 heterocycles. The molecule has 0 aliphatic carbocycles. The lowest BCUT2D eigenvalue weighted by Crippen LogP contribution is -2.52. The zero-order valence-electron chi connectivity index (χ0n) is 20.9. The van der Waals surface area contributed by atoms with Crippen molar-refractivity contribution in [1.29, 1.82) is 0 Å². The lowest BCUT2D eigenvalue weighted by molar-refractivity contribution is -0.129. The summed E-state index contributed by atoms with van der Waals surface area (Å²) >= 11 is 0. The van der Waals surface area contributed by atoms with E-state index in [1.165, 1.54) is 0 Å². The van der Waals surface area contributed by atoms with E-state index in [-0.39, 0.29) is 24.6 Å². The summed E-state index contributed by atoms with van der Waals surface area (Å²) in [5.41, 5.74) is 0.557. The largest absolute Gasteiger partial charge is 0.451 e. The maximum atomic E-state index is 13.2. The number of aromatic nitrogens is 3. The van der Waals surface area contributed by atoms with Gasteiger partial charge in [0.2, 0.25) is 5.91 Å². The van der Waals surface area contributed by atoms with Gasteiger partial charge in [0.15, 0.2) is 11.5 Å².